The van der Waals surface area contributed by atoms with Crippen LogP contribution in [-0.4, -0.2) is 27.8 Å². The van der Waals surface area contributed by atoms with Gasteiger partial charge in [0.2, 0.25) is 0 Å². The average Bonchev–Trinajstić information content (AvgIpc) is 2.81. The predicted octanol–water partition coefficient (Wildman–Crippen LogP) is 7.85. The summed E-state index contributed by atoms with van der Waals surface area (Å²) in [6.45, 7) is 7.99. The fraction of sp³-hybridized carbons (Fsp3) is 0.481. The number of allylic oxidation sites excluding steroid dienone is 2. The smallest absolute Gasteiger partial charge is 0.458 e. The number of pyridine rings is 1. The molecule has 1 N–H and O–H groups in total. The van der Waals surface area contributed by atoms with Gasteiger partial charge in [-0.3, -0.25) is 4.79 Å². The third-order valence-corrected chi connectivity index (χ3v) is 7.91. The first-order chi connectivity index (χ1) is 16.8. The van der Waals surface area contributed by atoms with E-state index < -0.39 is 17.7 Å². The molecular weight excluding hydrogens is 497 g/mol. The quantitative estimate of drug-likeness (QED) is 0.281. The van der Waals surface area contributed by atoms with Crippen molar-refractivity contribution in [2.24, 2.45) is 11.8 Å². The highest BCUT2D eigenvalue weighted by Gasteiger charge is 2.58. The molecule has 0 saturated heterocycles. The Kier molecular flexibility index (Phi) is 8.53. The number of aryl methyl sites for hydroxylation is 3. The zero-order chi connectivity index (χ0) is 26.8. The molecule has 1 heterocycles. The van der Waals surface area contributed by atoms with E-state index in [1.54, 1.807) is 0 Å². The van der Waals surface area contributed by atoms with Crippen molar-refractivity contribution in [3.8, 4) is 0 Å². The lowest BCUT2D eigenvalue weighted by atomic mass is 9.76. The Morgan fingerprint density at radius 2 is 1.69 bits per heavy atom. The maximum Gasteiger partial charge on any atom is 0.458 e. The highest BCUT2D eigenvalue weighted by atomic mass is 32.2. The summed E-state index contributed by atoms with van der Waals surface area (Å²) in [6, 6.07) is 5.98. The molecule has 196 valence electrons. The van der Waals surface area contributed by atoms with E-state index in [2.05, 4.69) is 17.1 Å². The molecule has 0 fully saturated rings. The number of aliphatic hydroxyl groups is 1. The number of carbonyl (C=O) groups is 1. The Morgan fingerprint density at radius 3 is 2.17 bits per heavy atom. The molecule has 2 atom stereocenters. The third kappa shape index (κ3) is 5.76. The van der Waals surface area contributed by atoms with Gasteiger partial charge in [-0.2, -0.15) is 22.0 Å². The van der Waals surface area contributed by atoms with Crippen LogP contribution in [0.25, 0.3) is 5.57 Å². The lowest BCUT2D eigenvalue weighted by Crippen LogP contribution is -2.33. The van der Waals surface area contributed by atoms with E-state index in [-0.39, 0.29) is 29.8 Å². The van der Waals surface area contributed by atoms with Crippen LogP contribution < -0.4 is 0 Å². The minimum Gasteiger partial charge on any atom is -0.512 e. The molecule has 9 heteroatoms. The monoisotopic (exact) mass is 527 g/mol. The van der Waals surface area contributed by atoms with Gasteiger partial charge in [-0.1, -0.05) is 38.5 Å². The van der Waals surface area contributed by atoms with Gasteiger partial charge >= 0.3 is 12.1 Å². The Labute approximate surface area is 212 Å². The topological polar surface area (TPSA) is 50.2 Å². The number of carbonyl (C=O) groups excluding carboxylic acids is 1. The van der Waals surface area contributed by atoms with Gasteiger partial charge in [-0.15, -0.1) is 11.8 Å². The van der Waals surface area contributed by atoms with E-state index in [0.29, 0.717) is 29.0 Å². The van der Waals surface area contributed by atoms with Gasteiger partial charge < -0.3 is 5.11 Å². The van der Waals surface area contributed by atoms with E-state index in [0.717, 1.165) is 47.2 Å². The summed E-state index contributed by atoms with van der Waals surface area (Å²) >= 11 is 1.22. The Morgan fingerprint density at radius 1 is 1.08 bits per heavy atom. The summed E-state index contributed by atoms with van der Waals surface area (Å²) in [5.41, 5.74) is 3.23. The Hall–Kier alpha value is -2.42. The van der Waals surface area contributed by atoms with Crippen molar-refractivity contribution in [3.05, 3.63) is 64.0 Å². The van der Waals surface area contributed by atoms with Gasteiger partial charge in [-0.25, -0.2) is 4.98 Å². The Balaban J connectivity index is 1.73. The molecule has 1 aromatic heterocycles. The van der Waals surface area contributed by atoms with Crippen LogP contribution in [0.5, 0.6) is 0 Å². The molecule has 0 spiro atoms. The second kappa shape index (κ2) is 10.9. The van der Waals surface area contributed by atoms with Crippen molar-refractivity contribution < 1.29 is 31.9 Å². The molecule has 0 bridgehead atoms. The summed E-state index contributed by atoms with van der Waals surface area (Å²) in [6.07, 6.45) is -3.05. The number of Topliss-reactive ketones (excluding diaryl/α,β-unsaturated/α-hetero) is 1. The number of nitrogens with zero attached hydrogens (tertiary/aromatic N) is 1. The van der Waals surface area contributed by atoms with Crippen LogP contribution in [0.2, 0.25) is 0 Å². The van der Waals surface area contributed by atoms with Crippen LogP contribution in [0, 0.1) is 18.8 Å². The van der Waals surface area contributed by atoms with Crippen LogP contribution in [0.15, 0.2) is 41.2 Å². The van der Waals surface area contributed by atoms with Gasteiger partial charge in [0.15, 0.2) is 5.78 Å². The molecule has 3 rings (SSSR count). The molecule has 2 unspecified atom stereocenters. The van der Waals surface area contributed by atoms with Crippen LogP contribution in [0.1, 0.15) is 61.4 Å². The number of hydrogen-bond donors (Lipinski definition) is 1. The molecule has 1 aromatic carbocycles. The molecule has 2 aromatic rings. The fourth-order valence-corrected chi connectivity index (χ4v) is 5.60. The first-order valence-corrected chi connectivity index (χ1v) is 12.9. The van der Waals surface area contributed by atoms with E-state index in [9.17, 15) is 31.9 Å². The standard InChI is InChI=1S/C27H30F5NO2S/c1-5-17-9-15(3)10-18(6-2)24(17)25-21(34)11-19(12-22(25)35)16(4)14-36-23-8-7-20(13-33-23)26(28,29)27(30,31)32/h7-10,13,16,19,34H,5-6,11-12,14H2,1-4H3. The van der Waals surface area contributed by atoms with Crippen molar-refractivity contribution in [1.82, 2.24) is 4.98 Å². The molecule has 1 aliphatic rings. The van der Waals surface area contributed by atoms with Crippen molar-refractivity contribution >= 4 is 23.1 Å². The number of alkyl halides is 5. The van der Waals surface area contributed by atoms with Gasteiger partial charge in [0.25, 0.3) is 0 Å². The molecule has 0 saturated carbocycles. The van der Waals surface area contributed by atoms with E-state index in [1.807, 2.05) is 27.7 Å². The van der Waals surface area contributed by atoms with Crippen molar-refractivity contribution in [2.45, 2.75) is 70.5 Å². The van der Waals surface area contributed by atoms with Crippen molar-refractivity contribution in [1.29, 1.82) is 0 Å². The minimum atomic E-state index is -5.69. The molecule has 1 aliphatic carbocycles. The summed E-state index contributed by atoms with van der Waals surface area (Å²) in [5, 5.41) is 11.3. The normalized spacial score (nSPS) is 18.0. The SMILES string of the molecule is CCc1cc(C)cc(CC)c1C1=C(O)CC(C(C)CSc2ccc(C(F)(F)C(F)(F)F)cn2)CC1=O. The maximum atomic E-state index is 13.5. The second-order valence-corrected chi connectivity index (χ2v) is 10.4. The summed E-state index contributed by atoms with van der Waals surface area (Å²) in [7, 11) is 0. The summed E-state index contributed by atoms with van der Waals surface area (Å²) in [5.74, 6) is -4.68. The van der Waals surface area contributed by atoms with Crippen molar-refractivity contribution in [3.63, 3.8) is 0 Å². The van der Waals surface area contributed by atoms with Crippen LogP contribution in [0.4, 0.5) is 22.0 Å². The number of aromatic nitrogens is 1. The van der Waals surface area contributed by atoms with Gasteiger partial charge in [0.05, 0.1) is 10.6 Å². The zero-order valence-corrected chi connectivity index (χ0v) is 21.5. The maximum absolute atomic E-state index is 13.5. The second-order valence-electron chi connectivity index (χ2n) is 9.32. The van der Waals surface area contributed by atoms with Crippen LogP contribution in [-0.2, 0) is 23.6 Å². The van der Waals surface area contributed by atoms with Gasteiger partial charge in [0, 0.05) is 30.4 Å². The van der Waals surface area contributed by atoms with E-state index in [4.69, 9.17) is 0 Å². The zero-order valence-electron chi connectivity index (χ0n) is 20.7. The minimum absolute atomic E-state index is 0.0324. The van der Waals surface area contributed by atoms with Crippen LogP contribution >= 0.6 is 11.8 Å². The molecule has 3 nitrogen and oxygen atoms in total. The number of halogens is 5. The third-order valence-electron chi connectivity index (χ3n) is 6.68. The predicted molar refractivity (Wildman–Crippen MR) is 131 cm³/mol. The Bertz CT molecular complexity index is 1120. The first-order valence-electron chi connectivity index (χ1n) is 11.9. The lowest BCUT2D eigenvalue weighted by molar-refractivity contribution is -0.289. The fourth-order valence-electron chi connectivity index (χ4n) is 4.60. The molecule has 0 amide bonds. The lowest BCUT2D eigenvalue weighted by Gasteiger charge is -2.29. The van der Waals surface area contributed by atoms with Crippen molar-refractivity contribution in [2.75, 3.05) is 5.75 Å². The molecule has 36 heavy (non-hydrogen) atoms. The molecular formula is C27H30F5NO2S. The average molecular weight is 528 g/mol. The van der Waals surface area contributed by atoms with Crippen LogP contribution in [0.3, 0.4) is 0 Å². The number of benzene rings is 1. The van der Waals surface area contributed by atoms with Gasteiger partial charge in [-0.05, 0) is 60.4 Å². The summed E-state index contributed by atoms with van der Waals surface area (Å²) in [4.78, 5) is 17.0. The summed E-state index contributed by atoms with van der Waals surface area (Å²) < 4.78 is 64.6. The van der Waals surface area contributed by atoms with E-state index >= 15 is 0 Å². The van der Waals surface area contributed by atoms with Gasteiger partial charge in [0.1, 0.15) is 5.76 Å². The number of hydrogen-bond acceptors (Lipinski definition) is 4. The molecule has 0 aliphatic heterocycles. The van der Waals surface area contributed by atoms with E-state index in [1.165, 1.54) is 11.8 Å². The molecule has 0 radical (unpaired) electrons. The number of thioether (sulfide) groups is 1. The highest BCUT2D eigenvalue weighted by Crippen LogP contribution is 2.44. The first kappa shape index (κ1) is 28.2. The largest absolute Gasteiger partial charge is 0.512 e. The highest BCUT2D eigenvalue weighted by molar-refractivity contribution is 7.99. The number of rotatable bonds is 8. The number of ketones is 1. The number of aliphatic hydroxyl groups excluding tert-OH is 1.